The lowest BCUT2D eigenvalue weighted by molar-refractivity contribution is 0.211. The quantitative estimate of drug-likeness (QED) is 0.791. The van der Waals surface area contributed by atoms with E-state index in [0.717, 1.165) is 12.2 Å². The standard InChI is InChI=1S/C12H22N4/c1-4-10(2)8-16(3)12(7-13)11-5-6-14-9-15-11/h5-6,9-10,12H,4,7-8,13H2,1-3H3. The zero-order chi connectivity index (χ0) is 12.0. The van der Waals surface area contributed by atoms with Gasteiger partial charge in [-0.15, -0.1) is 0 Å². The second kappa shape index (κ2) is 6.55. The lowest BCUT2D eigenvalue weighted by Gasteiger charge is -2.28. The van der Waals surface area contributed by atoms with Gasteiger partial charge in [0.1, 0.15) is 6.33 Å². The topological polar surface area (TPSA) is 55.0 Å². The molecule has 2 unspecified atom stereocenters. The fraction of sp³-hybridized carbons (Fsp3) is 0.667. The first-order valence-corrected chi connectivity index (χ1v) is 5.85. The predicted octanol–water partition coefficient (Wildman–Crippen LogP) is 1.45. The normalized spacial score (nSPS) is 15.1. The Hall–Kier alpha value is -1.00. The molecule has 0 aromatic carbocycles. The Kier molecular flexibility index (Phi) is 5.35. The lowest BCUT2D eigenvalue weighted by atomic mass is 10.1. The van der Waals surface area contributed by atoms with E-state index in [1.54, 1.807) is 12.5 Å². The summed E-state index contributed by atoms with van der Waals surface area (Å²) in [7, 11) is 2.10. The Balaban J connectivity index is 2.67. The summed E-state index contributed by atoms with van der Waals surface area (Å²) < 4.78 is 0. The average Bonchev–Trinajstić information content (AvgIpc) is 2.31. The van der Waals surface area contributed by atoms with Crippen molar-refractivity contribution in [1.29, 1.82) is 0 Å². The van der Waals surface area contributed by atoms with Crippen LogP contribution in [0.1, 0.15) is 32.0 Å². The maximum absolute atomic E-state index is 5.82. The van der Waals surface area contributed by atoms with Crippen LogP contribution in [-0.4, -0.2) is 35.0 Å². The van der Waals surface area contributed by atoms with Crippen LogP contribution in [0.2, 0.25) is 0 Å². The molecule has 1 rings (SSSR count). The molecule has 1 aromatic heterocycles. The first-order valence-electron chi connectivity index (χ1n) is 5.85. The Morgan fingerprint density at radius 3 is 2.75 bits per heavy atom. The minimum absolute atomic E-state index is 0.192. The van der Waals surface area contributed by atoms with Crippen LogP contribution in [0.4, 0.5) is 0 Å². The molecule has 0 spiro atoms. The van der Waals surface area contributed by atoms with Crippen molar-refractivity contribution in [2.75, 3.05) is 20.1 Å². The number of hydrogen-bond donors (Lipinski definition) is 1. The fourth-order valence-corrected chi connectivity index (χ4v) is 1.77. The number of hydrogen-bond acceptors (Lipinski definition) is 4. The van der Waals surface area contributed by atoms with Gasteiger partial charge >= 0.3 is 0 Å². The summed E-state index contributed by atoms with van der Waals surface area (Å²) in [6, 6.07) is 2.13. The highest BCUT2D eigenvalue weighted by molar-refractivity contribution is 5.05. The largest absolute Gasteiger partial charge is 0.329 e. The molecule has 2 N–H and O–H groups in total. The molecule has 0 aliphatic rings. The van der Waals surface area contributed by atoms with E-state index in [1.165, 1.54) is 6.42 Å². The van der Waals surface area contributed by atoms with Crippen LogP contribution in [0.3, 0.4) is 0 Å². The summed E-state index contributed by atoms with van der Waals surface area (Å²) in [6.07, 6.45) is 4.53. The van der Waals surface area contributed by atoms with Gasteiger partial charge in [0.05, 0.1) is 11.7 Å². The van der Waals surface area contributed by atoms with Crippen LogP contribution in [0, 0.1) is 5.92 Å². The van der Waals surface area contributed by atoms with Crippen LogP contribution in [0.25, 0.3) is 0 Å². The van der Waals surface area contributed by atoms with E-state index in [-0.39, 0.29) is 6.04 Å². The van der Waals surface area contributed by atoms with E-state index >= 15 is 0 Å². The molecule has 4 heteroatoms. The number of nitrogens with two attached hydrogens (primary N) is 1. The van der Waals surface area contributed by atoms with Crippen molar-refractivity contribution in [3.05, 3.63) is 24.3 Å². The molecule has 0 aliphatic carbocycles. The van der Waals surface area contributed by atoms with Crippen molar-refractivity contribution in [2.24, 2.45) is 11.7 Å². The monoisotopic (exact) mass is 222 g/mol. The third-order valence-corrected chi connectivity index (χ3v) is 3.00. The summed E-state index contributed by atoms with van der Waals surface area (Å²) in [5.74, 6) is 0.681. The molecule has 0 fully saturated rings. The van der Waals surface area contributed by atoms with Crippen molar-refractivity contribution in [2.45, 2.75) is 26.3 Å². The summed E-state index contributed by atoms with van der Waals surface area (Å²) >= 11 is 0. The van der Waals surface area contributed by atoms with Crippen molar-refractivity contribution >= 4 is 0 Å². The Labute approximate surface area is 97.9 Å². The molecular weight excluding hydrogens is 200 g/mol. The van der Waals surface area contributed by atoms with Crippen LogP contribution in [0.15, 0.2) is 18.6 Å². The molecule has 2 atom stereocenters. The zero-order valence-corrected chi connectivity index (χ0v) is 10.4. The minimum atomic E-state index is 0.192. The van der Waals surface area contributed by atoms with Gasteiger partial charge in [-0.2, -0.15) is 0 Å². The zero-order valence-electron chi connectivity index (χ0n) is 10.4. The molecule has 90 valence electrons. The van der Waals surface area contributed by atoms with E-state index in [1.807, 2.05) is 6.07 Å². The molecule has 0 aliphatic heterocycles. The number of rotatable bonds is 6. The SMILES string of the molecule is CCC(C)CN(C)C(CN)c1ccncn1. The van der Waals surface area contributed by atoms with Crippen LogP contribution < -0.4 is 5.73 Å². The highest BCUT2D eigenvalue weighted by Crippen LogP contribution is 2.17. The van der Waals surface area contributed by atoms with Gasteiger partial charge < -0.3 is 5.73 Å². The molecule has 1 heterocycles. The van der Waals surface area contributed by atoms with Gasteiger partial charge in [0.15, 0.2) is 0 Å². The number of nitrogens with zero attached hydrogens (tertiary/aromatic N) is 3. The van der Waals surface area contributed by atoms with Gasteiger partial charge in [-0.1, -0.05) is 20.3 Å². The molecule has 0 saturated heterocycles. The molecule has 0 amide bonds. The van der Waals surface area contributed by atoms with Gasteiger partial charge in [0.25, 0.3) is 0 Å². The van der Waals surface area contributed by atoms with Gasteiger partial charge in [0, 0.05) is 19.3 Å². The smallest absolute Gasteiger partial charge is 0.115 e. The third-order valence-electron chi connectivity index (χ3n) is 3.00. The first-order chi connectivity index (χ1) is 7.69. The third kappa shape index (κ3) is 3.54. The van der Waals surface area contributed by atoms with Gasteiger partial charge in [-0.3, -0.25) is 4.90 Å². The van der Waals surface area contributed by atoms with Gasteiger partial charge in [0.2, 0.25) is 0 Å². The van der Waals surface area contributed by atoms with Crippen molar-refractivity contribution in [1.82, 2.24) is 14.9 Å². The maximum atomic E-state index is 5.82. The van der Waals surface area contributed by atoms with Gasteiger partial charge in [-0.05, 0) is 19.0 Å². The summed E-state index contributed by atoms with van der Waals surface area (Å²) in [5.41, 5.74) is 6.82. The molecule has 4 nitrogen and oxygen atoms in total. The van der Waals surface area contributed by atoms with Crippen molar-refractivity contribution in [3.63, 3.8) is 0 Å². The summed E-state index contributed by atoms with van der Waals surface area (Å²) in [6.45, 7) is 6.09. The number of aromatic nitrogens is 2. The molecular formula is C12H22N4. The summed E-state index contributed by atoms with van der Waals surface area (Å²) in [5, 5.41) is 0. The summed E-state index contributed by atoms with van der Waals surface area (Å²) in [4.78, 5) is 10.5. The fourth-order valence-electron chi connectivity index (χ4n) is 1.77. The van der Waals surface area contributed by atoms with Crippen LogP contribution in [-0.2, 0) is 0 Å². The van der Waals surface area contributed by atoms with E-state index in [0.29, 0.717) is 12.5 Å². The Bertz CT molecular complexity index is 288. The van der Waals surface area contributed by atoms with E-state index in [9.17, 15) is 0 Å². The van der Waals surface area contributed by atoms with E-state index in [4.69, 9.17) is 5.73 Å². The number of likely N-dealkylation sites (N-methyl/N-ethyl adjacent to an activating group) is 1. The molecule has 0 radical (unpaired) electrons. The lowest BCUT2D eigenvalue weighted by Crippen LogP contribution is -2.34. The van der Waals surface area contributed by atoms with Crippen molar-refractivity contribution < 1.29 is 0 Å². The second-order valence-electron chi connectivity index (χ2n) is 4.34. The van der Waals surface area contributed by atoms with Crippen molar-refractivity contribution in [3.8, 4) is 0 Å². The molecule has 1 aromatic rings. The molecule has 16 heavy (non-hydrogen) atoms. The molecule has 0 bridgehead atoms. The van der Waals surface area contributed by atoms with E-state index in [2.05, 4.69) is 35.8 Å². The van der Waals surface area contributed by atoms with Crippen LogP contribution >= 0.6 is 0 Å². The van der Waals surface area contributed by atoms with Gasteiger partial charge in [-0.25, -0.2) is 9.97 Å². The minimum Gasteiger partial charge on any atom is -0.329 e. The highest BCUT2D eigenvalue weighted by atomic mass is 15.1. The first kappa shape index (κ1) is 13.1. The van der Waals surface area contributed by atoms with E-state index < -0.39 is 0 Å². The van der Waals surface area contributed by atoms with Crippen LogP contribution in [0.5, 0.6) is 0 Å². The second-order valence-corrected chi connectivity index (χ2v) is 4.34. The maximum Gasteiger partial charge on any atom is 0.115 e. The highest BCUT2D eigenvalue weighted by Gasteiger charge is 2.17. The predicted molar refractivity (Wildman–Crippen MR) is 65.9 cm³/mol. The Morgan fingerprint density at radius 1 is 1.50 bits per heavy atom. The Morgan fingerprint density at radius 2 is 2.25 bits per heavy atom. The molecule has 0 saturated carbocycles. The average molecular weight is 222 g/mol.